The minimum absolute atomic E-state index is 0.202. The first-order valence-corrected chi connectivity index (χ1v) is 9.58. The Morgan fingerprint density at radius 1 is 1.06 bits per heavy atom. The van der Waals surface area contributed by atoms with E-state index >= 15 is 0 Å². The van der Waals surface area contributed by atoms with Gasteiger partial charge in [0.25, 0.3) is 5.69 Å². The van der Waals surface area contributed by atoms with E-state index in [1.807, 2.05) is 12.1 Å². The predicted molar refractivity (Wildman–Crippen MR) is 118 cm³/mol. The highest BCUT2D eigenvalue weighted by atomic mass is 35.5. The molecule has 0 fully saturated rings. The molecular weight excluding hydrogens is 442 g/mol. The number of halogens is 1. The molecule has 3 rings (SSSR count). The second kappa shape index (κ2) is 9.79. The molecule has 1 N–H and O–H groups in total. The largest absolute Gasteiger partial charge is 0.464 e. The number of benzene rings is 3. The van der Waals surface area contributed by atoms with E-state index in [1.165, 1.54) is 6.92 Å². The van der Waals surface area contributed by atoms with Crippen molar-refractivity contribution < 1.29 is 19.4 Å². The van der Waals surface area contributed by atoms with Gasteiger partial charge in [-0.05, 0) is 12.1 Å². The van der Waals surface area contributed by atoms with Gasteiger partial charge < -0.3 is 10.1 Å². The van der Waals surface area contributed by atoms with Crippen LogP contribution in [0, 0.1) is 20.2 Å². The number of ether oxygens (including phenoxy) is 1. The molecule has 0 aliphatic heterocycles. The van der Waals surface area contributed by atoms with Crippen LogP contribution in [0.25, 0.3) is 10.8 Å². The summed E-state index contributed by atoms with van der Waals surface area (Å²) in [6.45, 7) is 1.93. The van der Waals surface area contributed by atoms with Crippen molar-refractivity contribution in [1.29, 1.82) is 0 Å². The van der Waals surface area contributed by atoms with Crippen LogP contribution < -0.4 is 5.32 Å². The summed E-state index contributed by atoms with van der Waals surface area (Å²) in [4.78, 5) is 31.6. The third-order valence-electron chi connectivity index (χ3n) is 4.32. The lowest BCUT2D eigenvalue weighted by atomic mass is 10.1. The van der Waals surface area contributed by atoms with Gasteiger partial charge in [0, 0.05) is 36.0 Å². The van der Waals surface area contributed by atoms with Crippen molar-refractivity contribution in [3.8, 4) is 0 Å². The zero-order valence-electron chi connectivity index (χ0n) is 16.6. The van der Waals surface area contributed by atoms with Gasteiger partial charge >= 0.3 is 11.7 Å². The summed E-state index contributed by atoms with van der Waals surface area (Å²) in [6, 6.07) is 12.5. The molecule has 0 radical (unpaired) electrons. The van der Waals surface area contributed by atoms with Gasteiger partial charge in [0.15, 0.2) is 5.69 Å². The molecule has 0 saturated heterocycles. The molecule has 3 aromatic carbocycles. The molecule has 0 aliphatic carbocycles. The summed E-state index contributed by atoms with van der Waals surface area (Å²) in [6.07, 6.45) is 0. The number of rotatable bonds is 8. The predicted octanol–water partition coefficient (Wildman–Crippen LogP) is 5.70. The first-order chi connectivity index (χ1) is 15.3. The summed E-state index contributed by atoms with van der Waals surface area (Å²) < 4.78 is 4.91. The molecule has 0 atom stereocenters. The summed E-state index contributed by atoms with van der Waals surface area (Å²) in [7, 11) is 0. The number of carbonyl (C=O) groups excluding carboxylic acids is 1. The zero-order valence-corrected chi connectivity index (χ0v) is 17.4. The standard InChI is InChI=1S/C20H16ClN5O6/c1-12(27)32-9-8-22-17-6-7-18(15-5-3-2-4-14(15)17)23-24-20-16(21)10-13(25(28)29)11-19(20)26(30)31/h2-7,10-11,22H,8-9H2,1H3. The number of nitro groups is 2. The van der Waals surface area contributed by atoms with Crippen LogP contribution in [0.1, 0.15) is 6.92 Å². The fraction of sp³-hybridized carbons (Fsp3) is 0.150. The van der Waals surface area contributed by atoms with E-state index < -0.39 is 21.2 Å². The van der Waals surface area contributed by atoms with E-state index in [-0.39, 0.29) is 23.3 Å². The quantitative estimate of drug-likeness (QED) is 0.150. The average molecular weight is 458 g/mol. The van der Waals surface area contributed by atoms with Crippen molar-refractivity contribution >= 4 is 56.8 Å². The van der Waals surface area contributed by atoms with Crippen LogP contribution in [0.4, 0.5) is 28.4 Å². The van der Waals surface area contributed by atoms with E-state index in [9.17, 15) is 25.0 Å². The fourth-order valence-electron chi connectivity index (χ4n) is 2.92. The van der Waals surface area contributed by atoms with E-state index in [0.717, 1.165) is 23.2 Å². The van der Waals surface area contributed by atoms with Gasteiger partial charge in [-0.2, -0.15) is 0 Å². The van der Waals surface area contributed by atoms with E-state index in [4.69, 9.17) is 16.3 Å². The molecule has 3 aromatic rings. The molecular formula is C20H16ClN5O6. The highest BCUT2D eigenvalue weighted by molar-refractivity contribution is 6.33. The van der Waals surface area contributed by atoms with Crippen LogP contribution in [-0.4, -0.2) is 29.0 Å². The molecule has 164 valence electrons. The Morgan fingerprint density at radius 2 is 1.78 bits per heavy atom. The Labute approximate surface area is 186 Å². The molecule has 12 heteroatoms. The monoisotopic (exact) mass is 457 g/mol. The molecule has 0 aliphatic rings. The Kier molecular flexibility index (Phi) is 6.90. The average Bonchev–Trinajstić information content (AvgIpc) is 2.75. The number of fused-ring (bicyclic) bond motifs is 1. The number of non-ortho nitro benzene ring substituents is 1. The number of nitrogens with one attached hydrogen (secondary N) is 1. The van der Waals surface area contributed by atoms with Gasteiger partial charge in [-0.1, -0.05) is 35.9 Å². The first kappa shape index (κ1) is 22.6. The number of carbonyl (C=O) groups is 1. The Balaban J connectivity index is 1.96. The molecule has 0 saturated carbocycles. The van der Waals surface area contributed by atoms with Crippen molar-refractivity contribution in [1.82, 2.24) is 0 Å². The van der Waals surface area contributed by atoms with Crippen LogP contribution in [0.2, 0.25) is 5.02 Å². The molecule has 32 heavy (non-hydrogen) atoms. The molecule has 0 heterocycles. The van der Waals surface area contributed by atoms with E-state index in [2.05, 4.69) is 15.5 Å². The van der Waals surface area contributed by atoms with Crippen LogP contribution in [0.15, 0.2) is 58.8 Å². The van der Waals surface area contributed by atoms with E-state index in [1.54, 1.807) is 24.3 Å². The van der Waals surface area contributed by atoms with Gasteiger partial charge in [0.05, 0.1) is 26.6 Å². The highest BCUT2D eigenvalue weighted by Crippen LogP contribution is 2.40. The molecule has 0 amide bonds. The van der Waals surface area contributed by atoms with E-state index in [0.29, 0.717) is 17.6 Å². The lowest BCUT2D eigenvalue weighted by Crippen LogP contribution is -2.11. The van der Waals surface area contributed by atoms with Crippen molar-refractivity contribution in [2.75, 3.05) is 18.5 Å². The van der Waals surface area contributed by atoms with Crippen molar-refractivity contribution in [2.24, 2.45) is 10.2 Å². The highest BCUT2D eigenvalue weighted by Gasteiger charge is 2.23. The van der Waals surface area contributed by atoms with Gasteiger partial charge in [0.2, 0.25) is 0 Å². The van der Waals surface area contributed by atoms with Crippen molar-refractivity contribution in [3.05, 3.63) is 73.8 Å². The Morgan fingerprint density at radius 3 is 2.44 bits per heavy atom. The van der Waals surface area contributed by atoms with Crippen LogP contribution in [-0.2, 0) is 9.53 Å². The van der Waals surface area contributed by atoms with Gasteiger partial charge in [-0.15, -0.1) is 10.2 Å². The topological polar surface area (TPSA) is 149 Å². The smallest absolute Gasteiger partial charge is 0.305 e. The number of nitrogens with zero attached hydrogens (tertiary/aromatic N) is 4. The fourth-order valence-corrected chi connectivity index (χ4v) is 3.17. The molecule has 0 bridgehead atoms. The number of esters is 1. The maximum atomic E-state index is 11.4. The molecule has 11 nitrogen and oxygen atoms in total. The number of nitro benzene ring substituents is 2. The Bertz CT molecular complexity index is 1250. The maximum Gasteiger partial charge on any atom is 0.305 e. The van der Waals surface area contributed by atoms with Crippen LogP contribution in [0.3, 0.4) is 0 Å². The number of azo groups is 1. The first-order valence-electron chi connectivity index (χ1n) is 9.21. The minimum atomic E-state index is -0.804. The molecule has 0 spiro atoms. The number of hydrogen-bond acceptors (Lipinski definition) is 9. The normalized spacial score (nSPS) is 10.9. The Hall–Kier alpha value is -4.12. The van der Waals surface area contributed by atoms with Crippen molar-refractivity contribution in [2.45, 2.75) is 6.92 Å². The van der Waals surface area contributed by atoms with Crippen LogP contribution in [0.5, 0.6) is 0 Å². The second-order valence-electron chi connectivity index (χ2n) is 6.45. The number of anilines is 1. The SMILES string of the molecule is CC(=O)OCCNc1ccc(N=Nc2c(Cl)cc([N+](=O)[O-])cc2[N+](=O)[O-])c2ccccc12. The summed E-state index contributed by atoms with van der Waals surface area (Å²) in [5.74, 6) is -0.369. The van der Waals surface area contributed by atoms with Gasteiger partial charge in [0.1, 0.15) is 6.61 Å². The van der Waals surface area contributed by atoms with Crippen LogP contribution >= 0.6 is 11.6 Å². The zero-order chi connectivity index (χ0) is 23.3. The maximum absolute atomic E-state index is 11.4. The minimum Gasteiger partial charge on any atom is -0.464 e. The third kappa shape index (κ3) is 5.13. The summed E-state index contributed by atoms with van der Waals surface area (Å²) in [5.41, 5.74) is -0.243. The summed E-state index contributed by atoms with van der Waals surface area (Å²) >= 11 is 6.02. The molecule has 0 unspecified atom stereocenters. The molecule has 0 aromatic heterocycles. The lowest BCUT2D eigenvalue weighted by molar-refractivity contribution is -0.393. The van der Waals surface area contributed by atoms with Gasteiger partial charge in [-0.3, -0.25) is 25.0 Å². The number of hydrogen-bond donors (Lipinski definition) is 1. The second-order valence-corrected chi connectivity index (χ2v) is 6.86. The summed E-state index contributed by atoms with van der Waals surface area (Å²) in [5, 5.41) is 34.8. The lowest BCUT2D eigenvalue weighted by Gasteiger charge is -2.11. The third-order valence-corrected chi connectivity index (χ3v) is 4.61. The van der Waals surface area contributed by atoms with Crippen molar-refractivity contribution in [3.63, 3.8) is 0 Å². The van der Waals surface area contributed by atoms with Gasteiger partial charge in [-0.25, -0.2) is 0 Å².